The molecule has 11 heteroatoms. The molecule has 10 nitrogen and oxygen atoms in total. The zero-order chi connectivity index (χ0) is 28.2. The molecule has 3 aromatic rings. The van der Waals surface area contributed by atoms with Gasteiger partial charge in [-0.15, -0.1) is 0 Å². The molecule has 0 heterocycles. The minimum Gasteiger partial charge on any atom is -0.494 e. The topological polar surface area (TPSA) is 127 Å². The Kier molecular flexibility index (Phi) is 10.9. The molecule has 0 unspecified atom stereocenters. The molecule has 0 aromatic heterocycles. The second-order valence-electron chi connectivity index (χ2n) is 7.99. The maximum Gasteiger partial charge on any atom is 0.329 e. The molecule has 0 bridgehead atoms. The first-order valence-corrected chi connectivity index (χ1v) is 12.9. The number of ether oxygens (including phenoxy) is 3. The summed E-state index contributed by atoms with van der Waals surface area (Å²) in [5.74, 6) is -0.749. The van der Waals surface area contributed by atoms with Crippen molar-refractivity contribution in [2.45, 2.75) is 20.3 Å². The fourth-order valence-electron chi connectivity index (χ4n) is 3.44. The van der Waals surface area contributed by atoms with E-state index in [9.17, 15) is 14.4 Å². The quantitative estimate of drug-likeness (QED) is 0.170. The van der Waals surface area contributed by atoms with Crippen LogP contribution in [0.1, 0.15) is 25.0 Å². The van der Waals surface area contributed by atoms with Gasteiger partial charge in [0.1, 0.15) is 5.75 Å². The fraction of sp³-hybridized carbons (Fsp3) is 0.214. The van der Waals surface area contributed by atoms with Crippen LogP contribution in [0.2, 0.25) is 0 Å². The third kappa shape index (κ3) is 8.57. The molecule has 204 valence electrons. The van der Waals surface area contributed by atoms with Crippen molar-refractivity contribution in [1.29, 1.82) is 0 Å². The first-order chi connectivity index (χ1) is 18.8. The number of nitrogens with zero attached hydrogens (tertiary/aromatic N) is 1. The average molecular weight is 597 g/mol. The first kappa shape index (κ1) is 29.2. The van der Waals surface area contributed by atoms with Gasteiger partial charge in [-0.2, -0.15) is 5.10 Å². The highest BCUT2D eigenvalue weighted by Crippen LogP contribution is 2.36. The fourth-order valence-corrected chi connectivity index (χ4v) is 4.01. The maximum absolute atomic E-state index is 12.4. The predicted octanol–water partition coefficient (Wildman–Crippen LogP) is 4.53. The summed E-state index contributed by atoms with van der Waals surface area (Å²) in [6, 6.07) is 17.5. The Hall–Kier alpha value is -4.38. The smallest absolute Gasteiger partial charge is 0.329 e. The normalized spacial score (nSPS) is 10.6. The molecule has 0 aliphatic rings. The number of hydrogen-bond acceptors (Lipinski definition) is 7. The Balaban J connectivity index is 1.56. The van der Waals surface area contributed by atoms with Crippen molar-refractivity contribution in [3.05, 3.63) is 76.3 Å². The molecular weight excluding hydrogens is 568 g/mol. The first-order valence-electron chi connectivity index (χ1n) is 12.1. The number of carbonyl (C=O) groups is 3. The molecule has 0 fully saturated rings. The third-order valence-electron chi connectivity index (χ3n) is 5.28. The Bertz CT molecular complexity index is 1340. The summed E-state index contributed by atoms with van der Waals surface area (Å²) in [6.07, 6.45) is 2.06. The van der Waals surface area contributed by atoms with E-state index in [2.05, 4.69) is 37.1 Å². The van der Waals surface area contributed by atoms with Gasteiger partial charge in [0.2, 0.25) is 0 Å². The van der Waals surface area contributed by atoms with E-state index >= 15 is 0 Å². The summed E-state index contributed by atoms with van der Waals surface area (Å²) in [5, 5.41) is 9.19. The van der Waals surface area contributed by atoms with Gasteiger partial charge in [-0.1, -0.05) is 25.1 Å². The Morgan fingerprint density at radius 1 is 0.949 bits per heavy atom. The van der Waals surface area contributed by atoms with Crippen LogP contribution in [0.15, 0.2) is 70.2 Å². The van der Waals surface area contributed by atoms with Crippen LogP contribution >= 0.6 is 15.9 Å². The van der Waals surface area contributed by atoms with Gasteiger partial charge < -0.3 is 24.8 Å². The number of rotatable bonds is 11. The number of aryl methyl sites for hydroxylation is 1. The predicted molar refractivity (Wildman–Crippen MR) is 153 cm³/mol. The molecule has 0 saturated heterocycles. The highest BCUT2D eigenvalue weighted by molar-refractivity contribution is 9.10. The maximum atomic E-state index is 12.4. The van der Waals surface area contributed by atoms with E-state index in [1.165, 1.54) is 13.3 Å². The SMILES string of the molecule is CCOc1ccc(NC(=O)COc2c(Br)cc(/C=N\NC(=O)C(=O)Nc3ccccc3CC)cc2OC)cc1. The van der Waals surface area contributed by atoms with Crippen molar-refractivity contribution in [3.63, 3.8) is 0 Å². The molecule has 0 aliphatic carbocycles. The van der Waals surface area contributed by atoms with Gasteiger partial charge in [-0.3, -0.25) is 14.4 Å². The van der Waals surface area contributed by atoms with Gasteiger partial charge >= 0.3 is 11.8 Å². The van der Waals surface area contributed by atoms with Gasteiger partial charge in [0.25, 0.3) is 5.91 Å². The molecule has 0 atom stereocenters. The van der Waals surface area contributed by atoms with Crippen LogP contribution in [0.4, 0.5) is 11.4 Å². The number of carbonyl (C=O) groups excluding carboxylic acids is 3. The van der Waals surface area contributed by atoms with E-state index < -0.39 is 11.8 Å². The van der Waals surface area contributed by atoms with Crippen LogP contribution in [0.3, 0.4) is 0 Å². The van der Waals surface area contributed by atoms with Crippen molar-refractivity contribution in [1.82, 2.24) is 5.43 Å². The van der Waals surface area contributed by atoms with Crippen LogP contribution < -0.4 is 30.3 Å². The van der Waals surface area contributed by atoms with Crippen LogP contribution in [0.5, 0.6) is 17.2 Å². The lowest BCUT2D eigenvalue weighted by molar-refractivity contribution is -0.136. The molecule has 3 aromatic carbocycles. The number of para-hydroxylation sites is 1. The highest BCUT2D eigenvalue weighted by Gasteiger charge is 2.16. The van der Waals surface area contributed by atoms with E-state index in [1.54, 1.807) is 48.5 Å². The van der Waals surface area contributed by atoms with Crippen LogP contribution in [-0.2, 0) is 20.8 Å². The highest BCUT2D eigenvalue weighted by atomic mass is 79.9. The summed E-state index contributed by atoms with van der Waals surface area (Å²) in [4.78, 5) is 36.8. The number of benzene rings is 3. The third-order valence-corrected chi connectivity index (χ3v) is 5.87. The Morgan fingerprint density at radius 3 is 2.38 bits per heavy atom. The van der Waals surface area contributed by atoms with Crippen molar-refractivity contribution < 1.29 is 28.6 Å². The standard InChI is InChI=1S/C28H29BrN4O6/c1-4-19-8-6-7-9-23(19)32-27(35)28(36)33-30-16-18-14-22(29)26(24(15-18)37-3)39-17-25(34)31-20-10-12-21(13-11-20)38-5-2/h6-16H,4-5,17H2,1-3H3,(H,31,34)(H,32,35)(H,33,36)/b30-16-. The summed E-state index contributed by atoms with van der Waals surface area (Å²) in [6.45, 7) is 4.14. The van der Waals surface area contributed by atoms with Gasteiger partial charge in [-0.25, -0.2) is 5.43 Å². The molecule has 3 amide bonds. The molecule has 0 radical (unpaired) electrons. The summed E-state index contributed by atoms with van der Waals surface area (Å²) in [7, 11) is 1.45. The zero-order valence-corrected chi connectivity index (χ0v) is 23.3. The van der Waals surface area contributed by atoms with Gasteiger partial charge in [0.15, 0.2) is 18.1 Å². The van der Waals surface area contributed by atoms with Crippen LogP contribution in [0, 0.1) is 0 Å². The Labute approximate surface area is 234 Å². The molecule has 0 spiro atoms. The number of hydrogen-bond donors (Lipinski definition) is 3. The molecule has 0 aliphatic heterocycles. The molecule has 0 saturated carbocycles. The van der Waals surface area contributed by atoms with E-state index in [1.807, 2.05) is 26.0 Å². The summed E-state index contributed by atoms with van der Waals surface area (Å²) >= 11 is 3.41. The zero-order valence-electron chi connectivity index (χ0n) is 21.7. The minimum absolute atomic E-state index is 0.262. The van der Waals surface area contributed by atoms with Crippen molar-refractivity contribution in [3.8, 4) is 17.2 Å². The number of hydrazone groups is 1. The van der Waals surface area contributed by atoms with Gasteiger partial charge in [0, 0.05) is 11.4 Å². The number of methoxy groups -OCH3 is 1. The lowest BCUT2D eigenvalue weighted by Crippen LogP contribution is -2.32. The molecule has 3 N–H and O–H groups in total. The second kappa shape index (κ2) is 14.5. The molecule has 39 heavy (non-hydrogen) atoms. The Morgan fingerprint density at radius 2 is 1.69 bits per heavy atom. The van der Waals surface area contributed by atoms with Crippen molar-refractivity contribution >= 4 is 51.2 Å². The lowest BCUT2D eigenvalue weighted by atomic mass is 10.1. The van der Waals surface area contributed by atoms with E-state index in [0.717, 1.165) is 5.56 Å². The van der Waals surface area contributed by atoms with Crippen molar-refractivity contribution in [2.75, 3.05) is 31.0 Å². The molecular formula is C28H29BrN4O6. The van der Waals surface area contributed by atoms with Crippen LogP contribution in [-0.4, -0.2) is 44.3 Å². The number of anilines is 2. The van der Waals surface area contributed by atoms with Gasteiger partial charge in [0.05, 0.1) is 24.4 Å². The molecule has 3 rings (SSSR count). The number of halogens is 1. The average Bonchev–Trinajstić information content (AvgIpc) is 2.93. The monoisotopic (exact) mass is 596 g/mol. The summed E-state index contributed by atoms with van der Waals surface area (Å²) in [5.41, 5.74) is 4.84. The summed E-state index contributed by atoms with van der Waals surface area (Å²) < 4.78 is 17.0. The van der Waals surface area contributed by atoms with E-state index in [4.69, 9.17) is 14.2 Å². The van der Waals surface area contributed by atoms with Crippen LogP contribution in [0.25, 0.3) is 0 Å². The van der Waals surface area contributed by atoms with Gasteiger partial charge in [-0.05, 0) is 82.9 Å². The number of amides is 3. The van der Waals surface area contributed by atoms with E-state index in [-0.39, 0.29) is 12.5 Å². The largest absolute Gasteiger partial charge is 0.494 e. The van der Waals surface area contributed by atoms with Crippen molar-refractivity contribution in [2.24, 2.45) is 5.10 Å². The lowest BCUT2D eigenvalue weighted by Gasteiger charge is -2.13. The van der Waals surface area contributed by atoms with E-state index in [0.29, 0.717) is 51.7 Å². The second-order valence-corrected chi connectivity index (χ2v) is 8.85. The number of nitrogens with one attached hydrogen (secondary N) is 3. The minimum atomic E-state index is -0.915.